The summed E-state index contributed by atoms with van der Waals surface area (Å²) in [6, 6.07) is 11.1. The van der Waals surface area contributed by atoms with Gasteiger partial charge in [-0.3, -0.25) is 0 Å². The molecule has 0 radical (unpaired) electrons. The van der Waals surface area contributed by atoms with E-state index in [0.29, 0.717) is 11.4 Å². The average molecular weight is 279 g/mol. The van der Waals surface area contributed by atoms with E-state index >= 15 is 0 Å². The SMILES string of the molecule is O=C(O)c1cc(-n2ccc(C3CC3)n2)c2ccccc2n1. The molecule has 2 heterocycles. The Morgan fingerprint density at radius 2 is 2.05 bits per heavy atom. The van der Waals surface area contributed by atoms with Crippen LogP contribution in [0.15, 0.2) is 42.6 Å². The van der Waals surface area contributed by atoms with Gasteiger partial charge >= 0.3 is 5.97 Å². The van der Waals surface area contributed by atoms with E-state index in [9.17, 15) is 9.90 Å². The maximum atomic E-state index is 11.3. The van der Waals surface area contributed by atoms with E-state index in [1.54, 1.807) is 10.7 Å². The molecule has 1 aliphatic rings. The second-order valence-electron chi connectivity index (χ2n) is 5.31. The van der Waals surface area contributed by atoms with Gasteiger partial charge in [-0.15, -0.1) is 0 Å². The second-order valence-corrected chi connectivity index (χ2v) is 5.31. The Bertz CT molecular complexity index is 850. The molecule has 104 valence electrons. The van der Waals surface area contributed by atoms with Gasteiger partial charge in [0.25, 0.3) is 0 Å². The fraction of sp³-hybridized carbons (Fsp3) is 0.188. The van der Waals surface area contributed by atoms with E-state index in [1.807, 2.05) is 36.5 Å². The number of pyridine rings is 1. The van der Waals surface area contributed by atoms with Crippen LogP contribution in [0.4, 0.5) is 0 Å². The molecule has 0 unspecified atom stereocenters. The van der Waals surface area contributed by atoms with Crippen LogP contribution >= 0.6 is 0 Å². The standard InChI is InChI=1S/C16H13N3O2/c20-16(21)14-9-15(11-3-1-2-4-13(11)17-14)19-8-7-12(18-19)10-5-6-10/h1-4,7-10H,5-6H2,(H,20,21). The number of hydrogen-bond acceptors (Lipinski definition) is 3. The molecule has 0 saturated heterocycles. The molecule has 1 N–H and O–H groups in total. The van der Waals surface area contributed by atoms with Crippen LogP contribution in [0.3, 0.4) is 0 Å². The Kier molecular flexibility index (Phi) is 2.54. The van der Waals surface area contributed by atoms with Gasteiger partial charge in [0.2, 0.25) is 0 Å². The van der Waals surface area contributed by atoms with Crippen molar-refractivity contribution >= 4 is 16.9 Å². The third-order valence-corrected chi connectivity index (χ3v) is 3.77. The monoisotopic (exact) mass is 279 g/mol. The zero-order chi connectivity index (χ0) is 14.4. The maximum absolute atomic E-state index is 11.3. The quantitative estimate of drug-likeness (QED) is 0.800. The van der Waals surface area contributed by atoms with Gasteiger partial charge < -0.3 is 5.11 Å². The first kappa shape index (κ1) is 12.1. The molecule has 1 aromatic carbocycles. The minimum absolute atomic E-state index is 0.0344. The fourth-order valence-corrected chi connectivity index (χ4v) is 2.53. The number of rotatable bonds is 3. The third kappa shape index (κ3) is 2.07. The van der Waals surface area contributed by atoms with Crippen molar-refractivity contribution in [1.82, 2.24) is 14.8 Å². The van der Waals surface area contributed by atoms with E-state index in [-0.39, 0.29) is 5.69 Å². The second kappa shape index (κ2) is 4.41. The van der Waals surface area contributed by atoms with Crippen LogP contribution < -0.4 is 0 Å². The summed E-state index contributed by atoms with van der Waals surface area (Å²) in [4.78, 5) is 15.4. The highest BCUT2D eigenvalue weighted by Crippen LogP contribution is 2.39. The van der Waals surface area contributed by atoms with Gasteiger partial charge in [0.05, 0.1) is 16.9 Å². The zero-order valence-electron chi connectivity index (χ0n) is 11.2. The van der Waals surface area contributed by atoms with Crippen molar-refractivity contribution in [2.75, 3.05) is 0 Å². The molecule has 0 atom stereocenters. The van der Waals surface area contributed by atoms with Crippen LogP contribution in [0.5, 0.6) is 0 Å². The van der Waals surface area contributed by atoms with Crippen LogP contribution in [0.25, 0.3) is 16.6 Å². The van der Waals surface area contributed by atoms with E-state index in [1.165, 1.54) is 12.8 Å². The van der Waals surface area contributed by atoms with Crippen molar-refractivity contribution in [1.29, 1.82) is 0 Å². The lowest BCUT2D eigenvalue weighted by Crippen LogP contribution is -2.05. The summed E-state index contributed by atoms with van der Waals surface area (Å²) in [5.74, 6) is -0.463. The predicted octanol–water partition coefficient (Wildman–Crippen LogP) is 3.00. The number of carboxylic acids is 1. The highest BCUT2D eigenvalue weighted by Gasteiger charge is 2.26. The first-order valence-electron chi connectivity index (χ1n) is 6.91. The molecule has 2 aromatic heterocycles. The smallest absolute Gasteiger partial charge is 0.354 e. The predicted molar refractivity (Wildman–Crippen MR) is 77.8 cm³/mol. The lowest BCUT2D eigenvalue weighted by molar-refractivity contribution is 0.0691. The Morgan fingerprint density at radius 3 is 2.81 bits per heavy atom. The van der Waals surface area contributed by atoms with Gasteiger partial charge in [0.15, 0.2) is 5.69 Å². The maximum Gasteiger partial charge on any atom is 0.354 e. The largest absolute Gasteiger partial charge is 0.477 e. The highest BCUT2D eigenvalue weighted by atomic mass is 16.4. The molecular formula is C16H13N3O2. The summed E-state index contributed by atoms with van der Waals surface area (Å²) in [6.07, 6.45) is 4.27. The molecular weight excluding hydrogens is 266 g/mol. The number of hydrogen-bond donors (Lipinski definition) is 1. The third-order valence-electron chi connectivity index (χ3n) is 3.77. The summed E-state index contributed by atoms with van der Waals surface area (Å²) < 4.78 is 1.75. The topological polar surface area (TPSA) is 68.0 Å². The van der Waals surface area contributed by atoms with E-state index in [4.69, 9.17) is 0 Å². The number of carboxylic acid groups (broad SMARTS) is 1. The van der Waals surface area contributed by atoms with E-state index < -0.39 is 5.97 Å². The number of aromatic carboxylic acids is 1. The van der Waals surface area contributed by atoms with Crippen LogP contribution in [-0.2, 0) is 0 Å². The molecule has 21 heavy (non-hydrogen) atoms. The Hall–Kier alpha value is -2.69. The summed E-state index contributed by atoms with van der Waals surface area (Å²) in [5, 5.41) is 14.7. The molecule has 3 aromatic rings. The molecule has 0 bridgehead atoms. The number of nitrogens with zero attached hydrogens (tertiary/aromatic N) is 3. The van der Waals surface area contributed by atoms with Crippen LogP contribution in [-0.4, -0.2) is 25.8 Å². The molecule has 1 fully saturated rings. The molecule has 4 rings (SSSR count). The highest BCUT2D eigenvalue weighted by molar-refractivity contribution is 5.94. The number of fused-ring (bicyclic) bond motifs is 1. The van der Waals surface area contributed by atoms with Crippen LogP contribution in [0, 0.1) is 0 Å². The summed E-state index contributed by atoms with van der Waals surface area (Å²) >= 11 is 0. The van der Waals surface area contributed by atoms with Crippen molar-refractivity contribution in [3.05, 3.63) is 54.0 Å². The van der Waals surface area contributed by atoms with E-state index in [0.717, 1.165) is 16.8 Å². The molecule has 0 amide bonds. The van der Waals surface area contributed by atoms with Gasteiger partial charge in [0.1, 0.15) is 0 Å². The summed E-state index contributed by atoms with van der Waals surface area (Å²) in [7, 11) is 0. The summed E-state index contributed by atoms with van der Waals surface area (Å²) in [5.41, 5.74) is 2.53. The number of aromatic nitrogens is 3. The van der Waals surface area contributed by atoms with Gasteiger partial charge in [0, 0.05) is 17.5 Å². The first-order valence-corrected chi connectivity index (χ1v) is 6.91. The van der Waals surface area contributed by atoms with E-state index in [2.05, 4.69) is 10.1 Å². The molecule has 5 nitrogen and oxygen atoms in total. The minimum atomic E-state index is -1.03. The van der Waals surface area contributed by atoms with Crippen molar-refractivity contribution in [3.63, 3.8) is 0 Å². The van der Waals surface area contributed by atoms with Crippen molar-refractivity contribution in [3.8, 4) is 5.69 Å². The number of carbonyl (C=O) groups is 1. The van der Waals surface area contributed by atoms with Crippen molar-refractivity contribution in [2.45, 2.75) is 18.8 Å². The van der Waals surface area contributed by atoms with Gasteiger partial charge in [-0.05, 0) is 31.0 Å². The van der Waals surface area contributed by atoms with Gasteiger partial charge in [-0.2, -0.15) is 5.10 Å². The lowest BCUT2D eigenvalue weighted by Gasteiger charge is -2.08. The van der Waals surface area contributed by atoms with Crippen molar-refractivity contribution < 1.29 is 9.90 Å². The number of benzene rings is 1. The Balaban J connectivity index is 1.94. The fourth-order valence-electron chi connectivity index (χ4n) is 2.53. The lowest BCUT2D eigenvalue weighted by atomic mass is 10.1. The first-order chi connectivity index (χ1) is 10.2. The van der Waals surface area contributed by atoms with Crippen LogP contribution in [0.2, 0.25) is 0 Å². The van der Waals surface area contributed by atoms with Gasteiger partial charge in [-0.25, -0.2) is 14.5 Å². The van der Waals surface area contributed by atoms with Gasteiger partial charge in [-0.1, -0.05) is 18.2 Å². The molecule has 0 aliphatic heterocycles. The number of para-hydroxylation sites is 1. The van der Waals surface area contributed by atoms with Crippen molar-refractivity contribution in [2.24, 2.45) is 0 Å². The molecule has 1 saturated carbocycles. The average Bonchev–Trinajstić information content (AvgIpc) is 3.24. The zero-order valence-corrected chi connectivity index (χ0v) is 11.2. The normalized spacial score (nSPS) is 14.5. The molecule has 1 aliphatic carbocycles. The molecule has 0 spiro atoms. The van der Waals surface area contributed by atoms with Crippen LogP contribution in [0.1, 0.15) is 34.9 Å². The Morgan fingerprint density at radius 1 is 1.24 bits per heavy atom. The Labute approximate surface area is 120 Å². The summed E-state index contributed by atoms with van der Waals surface area (Å²) in [6.45, 7) is 0. The molecule has 5 heteroatoms. The minimum Gasteiger partial charge on any atom is -0.477 e.